The fraction of sp³-hybridized carbons (Fsp3) is 0.375. The highest BCUT2D eigenvalue weighted by Crippen LogP contribution is 2.36. The number of carbonyl (C=O) groups is 1. The predicted molar refractivity (Wildman–Crippen MR) is 126 cm³/mol. The Bertz CT molecular complexity index is 1380. The largest absolute Gasteiger partial charge is 0.474 e. The van der Waals surface area contributed by atoms with E-state index in [-0.39, 0.29) is 42.1 Å². The number of hydrogen-bond donors (Lipinski definition) is 1. The summed E-state index contributed by atoms with van der Waals surface area (Å²) < 4.78 is 58.6. The molecule has 2 aliphatic rings. The molecule has 1 amide bonds. The van der Waals surface area contributed by atoms with Gasteiger partial charge in [-0.25, -0.2) is 14.5 Å². The first-order valence-corrected chi connectivity index (χ1v) is 11.4. The summed E-state index contributed by atoms with van der Waals surface area (Å²) in [5.41, 5.74) is -0.552. The standard InChI is InChI=1S/C24H23F3N6O4/c1-23(2)36-13-14(37-23)12-35-21-11-28-10-19(30-21)31-22(34)18-9-29-20-8-7-17(32-33(18)20)15-5-3-4-6-16(15)24(25,26)27/h3-9,11,14,19H,10,12-13H2,1-2H3,(H,31,34). The molecule has 5 rings (SSSR count). The Hall–Kier alpha value is -3.84. The van der Waals surface area contributed by atoms with Crippen molar-refractivity contribution < 1.29 is 32.2 Å². The molecule has 0 radical (unpaired) electrons. The van der Waals surface area contributed by atoms with Crippen LogP contribution in [-0.2, 0) is 20.4 Å². The lowest BCUT2D eigenvalue weighted by Gasteiger charge is -2.19. The van der Waals surface area contributed by atoms with Crippen LogP contribution in [0.4, 0.5) is 13.2 Å². The number of nitrogens with one attached hydrogen (secondary N) is 1. The second-order valence-corrected chi connectivity index (χ2v) is 8.89. The number of imidazole rings is 1. The monoisotopic (exact) mass is 516 g/mol. The summed E-state index contributed by atoms with van der Waals surface area (Å²) in [6, 6.07) is 8.04. The fourth-order valence-corrected chi connectivity index (χ4v) is 3.99. The summed E-state index contributed by atoms with van der Waals surface area (Å²) in [4.78, 5) is 25.7. The molecule has 1 aromatic carbocycles. The summed E-state index contributed by atoms with van der Waals surface area (Å²) >= 11 is 0. The normalized spacial score (nSPS) is 21.2. The van der Waals surface area contributed by atoms with Crippen molar-refractivity contribution in [3.05, 3.63) is 53.9 Å². The third kappa shape index (κ3) is 5.47. The van der Waals surface area contributed by atoms with Crippen molar-refractivity contribution in [3.8, 4) is 11.3 Å². The van der Waals surface area contributed by atoms with Crippen LogP contribution in [0.25, 0.3) is 16.9 Å². The van der Waals surface area contributed by atoms with Gasteiger partial charge in [0.2, 0.25) is 5.90 Å². The van der Waals surface area contributed by atoms with E-state index in [1.165, 1.54) is 47.3 Å². The minimum absolute atomic E-state index is 0.0345. The van der Waals surface area contributed by atoms with Gasteiger partial charge in [0.15, 0.2) is 17.1 Å². The van der Waals surface area contributed by atoms with Crippen molar-refractivity contribution in [1.29, 1.82) is 0 Å². The third-order valence-corrected chi connectivity index (χ3v) is 5.65. The van der Waals surface area contributed by atoms with E-state index in [4.69, 9.17) is 14.2 Å². The van der Waals surface area contributed by atoms with Crippen molar-refractivity contribution in [2.45, 2.75) is 38.1 Å². The number of halogens is 3. The number of aromatic nitrogens is 3. The van der Waals surface area contributed by atoms with E-state index in [0.717, 1.165) is 6.07 Å². The number of rotatable bonds is 5. The minimum atomic E-state index is -4.56. The summed E-state index contributed by atoms with van der Waals surface area (Å²) in [6.07, 6.45) is -2.78. The van der Waals surface area contributed by atoms with Crippen LogP contribution in [-0.4, -0.2) is 70.4 Å². The first kappa shape index (κ1) is 24.8. The van der Waals surface area contributed by atoms with E-state index < -0.39 is 29.6 Å². The van der Waals surface area contributed by atoms with E-state index in [9.17, 15) is 18.0 Å². The zero-order chi connectivity index (χ0) is 26.2. The molecule has 13 heteroatoms. The fourth-order valence-electron chi connectivity index (χ4n) is 3.99. The van der Waals surface area contributed by atoms with Gasteiger partial charge in [-0.3, -0.25) is 9.79 Å². The average Bonchev–Trinajstić information content (AvgIpc) is 3.44. The number of hydrogen-bond acceptors (Lipinski definition) is 8. The zero-order valence-electron chi connectivity index (χ0n) is 19.9. The molecular weight excluding hydrogens is 493 g/mol. The van der Waals surface area contributed by atoms with E-state index in [1.807, 2.05) is 13.8 Å². The highest BCUT2D eigenvalue weighted by atomic mass is 19.4. The van der Waals surface area contributed by atoms with Gasteiger partial charge in [0.25, 0.3) is 5.91 Å². The molecule has 0 saturated carbocycles. The number of alkyl halides is 3. The molecule has 1 saturated heterocycles. The number of amides is 1. The molecule has 1 N–H and O–H groups in total. The number of aliphatic imine (C=N–C) groups is 2. The van der Waals surface area contributed by atoms with Crippen molar-refractivity contribution in [3.63, 3.8) is 0 Å². The van der Waals surface area contributed by atoms with Crippen LogP contribution < -0.4 is 5.32 Å². The Morgan fingerprint density at radius 1 is 1.24 bits per heavy atom. The minimum Gasteiger partial charge on any atom is -0.474 e. The summed E-state index contributed by atoms with van der Waals surface area (Å²) in [5.74, 6) is -1.02. The molecule has 2 unspecified atom stereocenters. The molecule has 2 aromatic heterocycles. The molecule has 2 aliphatic heterocycles. The van der Waals surface area contributed by atoms with Crippen molar-refractivity contribution in [2.24, 2.45) is 9.98 Å². The highest BCUT2D eigenvalue weighted by Gasteiger charge is 2.34. The van der Waals surface area contributed by atoms with Gasteiger partial charge in [0.1, 0.15) is 18.9 Å². The van der Waals surface area contributed by atoms with Gasteiger partial charge in [-0.05, 0) is 32.0 Å². The van der Waals surface area contributed by atoms with E-state index in [1.54, 1.807) is 0 Å². The first-order chi connectivity index (χ1) is 17.6. The van der Waals surface area contributed by atoms with Crippen molar-refractivity contribution in [1.82, 2.24) is 19.9 Å². The Labute approximate surface area is 209 Å². The van der Waals surface area contributed by atoms with Crippen LogP contribution in [0.3, 0.4) is 0 Å². The van der Waals surface area contributed by atoms with Gasteiger partial charge >= 0.3 is 6.18 Å². The number of fused-ring (bicyclic) bond motifs is 1. The van der Waals surface area contributed by atoms with Gasteiger partial charge in [0.05, 0.1) is 36.8 Å². The number of carbonyl (C=O) groups excluding carboxylic acids is 1. The molecule has 0 spiro atoms. The smallest absolute Gasteiger partial charge is 0.417 e. The highest BCUT2D eigenvalue weighted by molar-refractivity contribution is 6.26. The Kier molecular flexibility index (Phi) is 6.42. The summed E-state index contributed by atoms with van der Waals surface area (Å²) in [7, 11) is 0. The Balaban J connectivity index is 1.31. The van der Waals surface area contributed by atoms with Crippen LogP contribution in [0.2, 0.25) is 0 Å². The molecule has 194 valence electrons. The quantitative estimate of drug-likeness (QED) is 0.558. The predicted octanol–water partition coefficient (Wildman–Crippen LogP) is 3.12. The average molecular weight is 516 g/mol. The second kappa shape index (κ2) is 9.56. The van der Waals surface area contributed by atoms with Gasteiger partial charge < -0.3 is 19.5 Å². The molecular formula is C24H23F3N6O4. The Morgan fingerprint density at radius 2 is 2.05 bits per heavy atom. The topological polar surface area (TPSA) is 112 Å². The number of nitrogens with zero attached hydrogens (tertiary/aromatic N) is 5. The van der Waals surface area contributed by atoms with Crippen LogP contribution in [0, 0.1) is 0 Å². The van der Waals surface area contributed by atoms with Crippen LogP contribution in [0.1, 0.15) is 29.9 Å². The maximum atomic E-state index is 13.5. The maximum absolute atomic E-state index is 13.5. The molecule has 37 heavy (non-hydrogen) atoms. The lowest BCUT2D eigenvalue weighted by atomic mass is 10.0. The van der Waals surface area contributed by atoms with E-state index >= 15 is 0 Å². The Morgan fingerprint density at radius 3 is 2.81 bits per heavy atom. The lowest BCUT2D eigenvalue weighted by molar-refractivity contribution is -0.141. The molecule has 3 aromatic rings. The van der Waals surface area contributed by atoms with Crippen LogP contribution in [0.5, 0.6) is 0 Å². The van der Waals surface area contributed by atoms with E-state index in [2.05, 4.69) is 25.4 Å². The molecule has 1 fully saturated rings. The summed E-state index contributed by atoms with van der Waals surface area (Å²) in [5, 5.41) is 6.99. The van der Waals surface area contributed by atoms with Crippen molar-refractivity contribution in [2.75, 3.05) is 19.8 Å². The molecule has 10 nitrogen and oxygen atoms in total. The lowest BCUT2D eigenvalue weighted by Crippen LogP contribution is -2.39. The summed E-state index contributed by atoms with van der Waals surface area (Å²) in [6.45, 7) is 4.39. The maximum Gasteiger partial charge on any atom is 0.417 e. The molecule has 0 aliphatic carbocycles. The molecule has 0 bridgehead atoms. The first-order valence-electron chi connectivity index (χ1n) is 11.4. The second-order valence-electron chi connectivity index (χ2n) is 8.89. The SMILES string of the molecule is CC1(C)OCC(COC2=NC(NC(=O)c3cnc4ccc(-c5ccccc5C(F)(F)F)nn34)CN=C2)O1. The van der Waals surface area contributed by atoms with Gasteiger partial charge in [-0.2, -0.15) is 18.3 Å². The van der Waals surface area contributed by atoms with Gasteiger partial charge in [-0.15, -0.1) is 0 Å². The van der Waals surface area contributed by atoms with Gasteiger partial charge in [-0.1, -0.05) is 18.2 Å². The molecule has 2 atom stereocenters. The number of ether oxygens (including phenoxy) is 3. The number of benzene rings is 1. The third-order valence-electron chi connectivity index (χ3n) is 5.65. The van der Waals surface area contributed by atoms with Crippen LogP contribution in [0.15, 0.2) is 52.6 Å². The van der Waals surface area contributed by atoms with Crippen LogP contribution >= 0.6 is 0 Å². The zero-order valence-corrected chi connectivity index (χ0v) is 19.9. The van der Waals surface area contributed by atoms with Crippen molar-refractivity contribution >= 4 is 23.7 Å². The van der Waals surface area contributed by atoms with Gasteiger partial charge in [0, 0.05) is 5.56 Å². The molecule has 4 heterocycles. The van der Waals surface area contributed by atoms with E-state index in [0.29, 0.717) is 12.3 Å².